The van der Waals surface area contributed by atoms with E-state index >= 15 is 0 Å². The first-order valence-corrected chi connectivity index (χ1v) is 7.86. The van der Waals surface area contributed by atoms with Crippen LogP contribution in [0.5, 0.6) is 0 Å². The molecule has 0 atom stereocenters. The Balaban J connectivity index is 1.90. The molecule has 0 fully saturated rings. The third-order valence-corrected chi connectivity index (χ3v) is 4.19. The highest BCUT2D eigenvalue weighted by atomic mass is 79.9. The Kier molecular flexibility index (Phi) is 4.26. The van der Waals surface area contributed by atoms with E-state index in [2.05, 4.69) is 30.8 Å². The van der Waals surface area contributed by atoms with Gasteiger partial charge in [0, 0.05) is 10.0 Å². The van der Waals surface area contributed by atoms with Crippen LogP contribution in [0.15, 0.2) is 53.0 Å². The maximum Gasteiger partial charge on any atom is 0.269 e. The Morgan fingerprint density at radius 3 is 2.59 bits per heavy atom. The fourth-order valence-electron chi connectivity index (χ4n) is 1.88. The predicted octanol–water partition coefficient (Wildman–Crippen LogP) is 4.36. The van der Waals surface area contributed by atoms with Crippen molar-refractivity contribution >= 4 is 39.1 Å². The lowest BCUT2D eigenvalue weighted by atomic mass is 10.1. The summed E-state index contributed by atoms with van der Waals surface area (Å²) in [5, 5.41) is 6.54. The highest BCUT2D eigenvalue weighted by Crippen LogP contribution is 2.26. The number of hydrogen-bond donors (Lipinski definition) is 1. The molecule has 0 aliphatic carbocycles. The molecular weight excluding hydrogens is 369 g/mol. The zero-order chi connectivity index (χ0) is 15.5. The number of aromatic nitrogens is 2. The molecule has 0 spiro atoms. The summed E-state index contributed by atoms with van der Waals surface area (Å²) < 4.78 is 18.4. The molecule has 0 unspecified atom stereocenters. The number of benzene rings is 2. The van der Waals surface area contributed by atoms with Crippen LogP contribution >= 0.6 is 27.5 Å². The standard InChI is InChI=1S/C15H9BrFN3OS/c16-10-7-5-9(6-8-10)13-14(22-20-19-13)15(21)18-12-4-2-1-3-11(12)17/h1-8H,(H,18,21). The van der Waals surface area contributed by atoms with Crippen LogP contribution in [0.2, 0.25) is 0 Å². The molecule has 0 saturated heterocycles. The second-order valence-corrected chi connectivity index (χ2v) is 6.06. The number of carbonyl (C=O) groups is 1. The maximum atomic E-state index is 13.6. The molecule has 2 aromatic carbocycles. The van der Waals surface area contributed by atoms with Crippen molar-refractivity contribution < 1.29 is 9.18 Å². The minimum absolute atomic E-state index is 0.127. The van der Waals surface area contributed by atoms with Crippen molar-refractivity contribution in [3.05, 3.63) is 63.7 Å². The first kappa shape index (κ1) is 14.8. The number of para-hydroxylation sites is 1. The van der Waals surface area contributed by atoms with Crippen molar-refractivity contribution in [3.63, 3.8) is 0 Å². The quantitative estimate of drug-likeness (QED) is 0.737. The summed E-state index contributed by atoms with van der Waals surface area (Å²) in [6, 6.07) is 13.4. The molecule has 7 heteroatoms. The summed E-state index contributed by atoms with van der Waals surface area (Å²) in [6.07, 6.45) is 0. The lowest BCUT2D eigenvalue weighted by molar-refractivity contribution is 0.103. The van der Waals surface area contributed by atoms with Gasteiger partial charge in [0.15, 0.2) is 0 Å². The number of hydrogen-bond acceptors (Lipinski definition) is 4. The number of carbonyl (C=O) groups excluding carboxylic acids is 1. The summed E-state index contributed by atoms with van der Waals surface area (Å²) >= 11 is 4.33. The van der Waals surface area contributed by atoms with E-state index in [9.17, 15) is 9.18 Å². The van der Waals surface area contributed by atoms with E-state index in [4.69, 9.17) is 0 Å². The molecule has 0 bridgehead atoms. The van der Waals surface area contributed by atoms with Crippen molar-refractivity contribution in [2.45, 2.75) is 0 Å². The van der Waals surface area contributed by atoms with Crippen molar-refractivity contribution in [3.8, 4) is 11.3 Å². The predicted molar refractivity (Wildman–Crippen MR) is 87.4 cm³/mol. The van der Waals surface area contributed by atoms with E-state index in [-0.39, 0.29) is 5.69 Å². The third kappa shape index (κ3) is 3.05. The lowest BCUT2D eigenvalue weighted by Crippen LogP contribution is -2.12. The minimum Gasteiger partial charge on any atom is -0.319 e. The highest BCUT2D eigenvalue weighted by Gasteiger charge is 2.18. The van der Waals surface area contributed by atoms with Gasteiger partial charge in [-0.05, 0) is 35.8 Å². The summed E-state index contributed by atoms with van der Waals surface area (Å²) in [5.41, 5.74) is 1.38. The number of anilines is 1. The first-order valence-electron chi connectivity index (χ1n) is 6.29. The molecule has 0 saturated carbocycles. The topological polar surface area (TPSA) is 54.9 Å². The van der Waals surface area contributed by atoms with Gasteiger partial charge in [-0.2, -0.15) is 0 Å². The van der Waals surface area contributed by atoms with Crippen LogP contribution < -0.4 is 5.32 Å². The molecule has 3 rings (SSSR count). The van der Waals surface area contributed by atoms with Crippen LogP contribution in [0.3, 0.4) is 0 Å². The molecular formula is C15H9BrFN3OS. The van der Waals surface area contributed by atoms with Gasteiger partial charge in [-0.25, -0.2) is 4.39 Å². The number of nitrogens with zero attached hydrogens (tertiary/aromatic N) is 2. The smallest absolute Gasteiger partial charge is 0.269 e. The van der Waals surface area contributed by atoms with Gasteiger partial charge in [-0.1, -0.05) is 44.7 Å². The van der Waals surface area contributed by atoms with Gasteiger partial charge in [0.2, 0.25) is 0 Å². The van der Waals surface area contributed by atoms with Gasteiger partial charge >= 0.3 is 0 Å². The van der Waals surface area contributed by atoms with Gasteiger partial charge in [0.05, 0.1) is 5.69 Å². The van der Waals surface area contributed by atoms with Gasteiger partial charge in [-0.3, -0.25) is 4.79 Å². The maximum absolute atomic E-state index is 13.6. The Hall–Kier alpha value is -2.12. The van der Waals surface area contributed by atoms with Crippen LogP contribution in [0.4, 0.5) is 10.1 Å². The molecule has 3 aromatic rings. The molecule has 1 N–H and O–H groups in total. The van der Waals surface area contributed by atoms with Crippen molar-refractivity contribution in [2.24, 2.45) is 0 Å². The molecule has 0 aliphatic heterocycles. The van der Waals surface area contributed by atoms with E-state index < -0.39 is 11.7 Å². The van der Waals surface area contributed by atoms with Crippen LogP contribution in [-0.4, -0.2) is 15.5 Å². The van der Waals surface area contributed by atoms with Gasteiger partial charge < -0.3 is 5.32 Å². The monoisotopic (exact) mass is 377 g/mol. The van der Waals surface area contributed by atoms with Crippen LogP contribution in [0.1, 0.15) is 9.67 Å². The fourth-order valence-corrected chi connectivity index (χ4v) is 2.73. The third-order valence-electron chi connectivity index (χ3n) is 2.93. The normalized spacial score (nSPS) is 10.5. The van der Waals surface area contributed by atoms with E-state index in [1.54, 1.807) is 12.1 Å². The van der Waals surface area contributed by atoms with E-state index in [0.717, 1.165) is 21.6 Å². The van der Waals surface area contributed by atoms with E-state index in [0.29, 0.717) is 10.6 Å². The van der Waals surface area contributed by atoms with Crippen LogP contribution in [0, 0.1) is 5.82 Å². The van der Waals surface area contributed by atoms with Crippen LogP contribution in [0.25, 0.3) is 11.3 Å². The zero-order valence-corrected chi connectivity index (χ0v) is 13.5. The zero-order valence-electron chi connectivity index (χ0n) is 11.1. The fraction of sp³-hybridized carbons (Fsp3) is 0. The number of halogens is 2. The Morgan fingerprint density at radius 2 is 1.86 bits per heavy atom. The average molecular weight is 378 g/mol. The van der Waals surface area contributed by atoms with E-state index in [1.807, 2.05) is 24.3 Å². The SMILES string of the molecule is O=C(Nc1ccccc1F)c1snnc1-c1ccc(Br)cc1. The average Bonchev–Trinajstić information content (AvgIpc) is 3.00. The van der Waals surface area contributed by atoms with Crippen LogP contribution in [-0.2, 0) is 0 Å². The Bertz CT molecular complexity index is 820. The summed E-state index contributed by atoms with van der Waals surface area (Å²) in [5.74, 6) is -0.920. The minimum atomic E-state index is -0.487. The van der Waals surface area contributed by atoms with Gasteiger partial charge in [0.1, 0.15) is 16.4 Å². The Labute approximate surface area is 138 Å². The second kappa shape index (κ2) is 6.33. The van der Waals surface area contributed by atoms with Crippen molar-refractivity contribution in [2.75, 3.05) is 5.32 Å². The molecule has 1 heterocycles. The number of rotatable bonds is 3. The summed E-state index contributed by atoms with van der Waals surface area (Å²) in [4.78, 5) is 12.7. The molecule has 110 valence electrons. The van der Waals surface area contributed by atoms with E-state index in [1.165, 1.54) is 12.1 Å². The molecule has 1 amide bonds. The highest BCUT2D eigenvalue weighted by molar-refractivity contribution is 9.10. The summed E-state index contributed by atoms with van der Waals surface area (Å²) in [6.45, 7) is 0. The van der Waals surface area contributed by atoms with Crippen molar-refractivity contribution in [1.29, 1.82) is 0 Å². The lowest BCUT2D eigenvalue weighted by Gasteiger charge is -2.05. The summed E-state index contributed by atoms with van der Waals surface area (Å²) in [7, 11) is 0. The molecule has 0 aliphatic rings. The largest absolute Gasteiger partial charge is 0.319 e. The number of nitrogens with one attached hydrogen (secondary N) is 1. The molecule has 1 aromatic heterocycles. The molecule has 22 heavy (non-hydrogen) atoms. The first-order chi connectivity index (χ1) is 10.6. The second-order valence-electron chi connectivity index (χ2n) is 4.39. The van der Waals surface area contributed by atoms with Gasteiger partial charge in [-0.15, -0.1) is 5.10 Å². The van der Waals surface area contributed by atoms with Crippen molar-refractivity contribution in [1.82, 2.24) is 9.59 Å². The number of amides is 1. The molecule has 0 radical (unpaired) electrons. The molecule has 4 nitrogen and oxygen atoms in total. The van der Waals surface area contributed by atoms with Gasteiger partial charge in [0.25, 0.3) is 5.91 Å². The Morgan fingerprint density at radius 1 is 1.14 bits per heavy atom.